The molecule has 3 atom stereocenters. The zero-order chi connectivity index (χ0) is 11.1. The fraction of sp³-hybridized carbons (Fsp3) is 0.571. The molecule has 0 amide bonds. The van der Waals surface area contributed by atoms with Crippen molar-refractivity contribution in [3.05, 3.63) is 29.8 Å². The number of benzene rings is 1. The molecule has 2 fully saturated rings. The van der Waals surface area contributed by atoms with Crippen LogP contribution in [0.1, 0.15) is 30.7 Å². The third-order valence-electron chi connectivity index (χ3n) is 4.06. The summed E-state index contributed by atoms with van der Waals surface area (Å²) in [6, 6.07) is 9.11. The summed E-state index contributed by atoms with van der Waals surface area (Å²) in [6.07, 6.45) is 5.10. The van der Waals surface area contributed by atoms with E-state index in [4.69, 9.17) is 4.74 Å². The van der Waals surface area contributed by atoms with Crippen LogP contribution < -0.4 is 5.19 Å². The molecule has 0 spiro atoms. The first-order valence-corrected chi connectivity index (χ1v) is 9.38. The van der Waals surface area contributed by atoms with Gasteiger partial charge in [0.05, 0.1) is 21.0 Å². The second-order valence-electron chi connectivity index (χ2n) is 5.51. The Morgan fingerprint density at radius 2 is 1.94 bits per heavy atom. The number of epoxide rings is 1. The topological polar surface area (TPSA) is 12.5 Å². The van der Waals surface area contributed by atoms with Gasteiger partial charge in [-0.25, -0.2) is 0 Å². The summed E-state index contributed by atoms with van der Waals surface area (Å²) >= 11 is 0. The van der Waals surface area contributed by atoms with E-state index in [-0.39, 0.29) is 0 Å². The number of hydrogen-bond donors (Lipinski definition) is 0. The van der Waals surface area contributed by atoms with Crippen LogP contribution in [0.4, 0.5) is 0 Å². The van der Waals surface area contributed by atoms with Gasteiger partial charge < -0.3 is 4.74 Å². The molecule has 1 saturated heterocycles. The van der Waals surface area contributed by atoms with Crippen LogP contribution in [0.3, 0.4) is 0 Å². The first kappa shape index (κ1) is 10.5. The summed E-state index contributed by atoms with van der Waals surface area (Å²) < 4.78 is 5.64. The third-order valence-corrected chi connectivity index (χ3v) is 5.83. The number of ether oxygens (including phenoxy) is 1. The van der Waals surface area contributed by atoms with Gasteiger partial charge in [0.25, 0.3) is 0 Å². The molecule has 0 bridgehead atoms. The smallest absolute Gasteiger partial charge is 0.0847 e. The van der Waals surface area contributed by atoms with Gasteiger partial charge in [0, 0.05) is 0 Å². The Labute approximate surface area is 99.4 Å². The minimum atomic E-state index is -0.687. The Morgan fingerprint density at radius 3 is 2.69 bits per heavy atom. The highest BCUT2D eigenvalue weighted by molar-refractivity contribution is 6.71. The highest BCUT2D eigenvalue weighted by Gasteiger charge is 2.44. The van der Waals surface area contributed by atoms with Crippen molar-refractivity contribution in [2.45, 2.75) is 50.5 Å². The van der Waals surface area contributed by atoms with Crippen LogP contribution in [0.5, 0.6) is 0 Å². The maximum atomic E-state index is 5.64. The summed E-state index contributed by atoms with van der Waals surface area (Å²) in [5.74, 6) is 0.773. The molecule has 1 saturated carbocycles. The zero-order valence-electron chi connectivity index (χ0n) is 10.1. The van der Waals surface area contributed by atoms with Crippen molar-refractivity contribution in [2.24, 2.45) is 0 Å². The Balaban J connectivity index is 1.87. The molecule has 1 aliphatic heterocycles. The van der Waals surface area contributed by atoms with Gasteiger partial charge in [0.1, 0.15) is 0 Å². The molecule has 86 valence electrons. The molecule has 16 heavy (non-hydrogen) atoms. The fourth-order valence-electron chi connectivity index (χ4n) is 3.10. The van der Waals surface area contributed by atoms with Crippen LogP contribution in [-0.4, -0.2) is 21.0 Å². The van der Waals surface area contributed by atoms with Crippen LogP contribution in [0.2, 0.25) is 13.1 Å². The van der Waals surface area contributed by atoms with Gasteiger partial charge in [-0.2, -0.15) is 0 Å². The minimum absolute atomic E-state index is 0.598. The summed E-state index contributed by atoms with van der Waals surface area (Å²) in [6.45, 7) is 4.86. The van der Waals surface area contributed by atoms with Crippen molar-refractivity contribution >= 4 is 14.0 Å². The molecular weight excluding hydrogens is 212 g/mol. The normalized spacial score (nSPS) is 32.6. The summed E-state index contributed by atoms with van der Waals surface area (Å²) in [5.41, 5.74) is 1.64. The standard InChI is InChI=1S/C14H20OSi/c1-16(2)14-6-4-3-5-11(14)10-7-8-12-13(9-10)15-12/h3-6,10,12-13,16H,7-9H2,1-2H3. The van der Waals surface area contributed by atoms with Gasteiger partial charge in [0.15, 0.2) is 0 Å². The van der Waals surface area contributed by atoms with Gasteiger partial charge in [-0.05, 0) is 30.7 Å². The van der Waals surface area contributed by atoms with E-state index in [2.05, 4.69) is 37.4 Å². The maximum absolute atomic E-state index is 5.64. The SMILES string of the molecule is C[SiH](C)c1ccccc1C1CCC2OC2C1. The summed E-state index contributed by atoms with van der Waals surface area (Å²) in [7, 11) is -0.687. The third kappa shape index (κ3) is 1.85. The molecule has 1 aromatic rings. The average Bonchev–Trinajstić information content (AvgIpc) is 3.06. The Hall–Kier alpha value is -0.603. The van der Waals surface area contributed by atoms with Gasteiger partial charge in [-0.15, -0.1) is 0 Å². The number of hydrogen-bond acceptors (Lipinski definition) is 1. The molecule has 2 heteroatoms. The van der Waals surface area contributed by atoms with Crippen molar-refractivity contribution in [3.63, 3.8) is 0 Å². The summed E-state index contributed by atoms with van der Waals surface area (Å²) in [5, 5.41) is 1.67. The summed E-state index contributed by atoms with van der Waals surface area (Å²) in [4.78, 5) is 0. The van der Waals surface area contributed by atoms with Gasteiger partial charge in [0.2, 0.25) is 0 Å². The lowest BCUT2D eigenvalue weighted by Crippen LogP contribution is -2.29. The van der Waals surface area contributed by atoms with Crippen molar-refractivity contribution in [2.75, 3.05) is 0 Å². The molecule has 0 N–H and O–H groups in total. The lowest BCUT2D eigenvalue weighted by Gasteiger charge is -2.23. The van der Waals surface area contributed by atoms with Crippen molar-refractivity contribution in [1.82, 2.24) is 0 Å². The van der Waals surface area contributed by atoms with Crippen molar-refractivity contribution in [1.29, 1.82) is 0 Å². The fourth-order valence-corrected chi connectivity index (χ4v) is 4.59. The van der Waals surface area contributed by atoms with Gasteiger partial charge in [-0.3, -0.25) is 0 Å². The van der Waals surface area contributed by atoms with E-state index in [1.807, 2.05) is 0 Å². The molecule has 3 unspecified atom stereocenters. The quantitative estimate of drug-likeness (QED) is 0.563. The number of fused-ring (bicyclic) bond motifs is 1. The first-order chi connectivity index (χ1) is 7.75. The first-order valence-electron chi connectivity index (χ1n) is 6.50. The van der Waals surface area contributed by atoms with Crippen molar-refractivity contribution < 1.29 is 4.74 Å². The van der Waals surface area contributed by atoms with Crippen LogP contribution in [0.25, 0.3) is 0 Å². The average molecular weight is 232 g/mol. The van der Waals surface area contributed by atoms with Crippen molar-refractivity contribution in [3.8, 4) is 0 Å². The van der Waals surface area contributed by atoms with E-state index >= 15 is 0 Å². The van der Waals surface area contributed by atoms with Crippen LogP contribution in [0, 0.1) is 0 Å². The van der Waals surface area contributed by atoms with E-state index in [1.165, 1.54) is 19.3 Å². The van der Waals surface area contributed by atoms with Crippen LogP contribution in [-0.2, 0) is 4.74 Å². The van der Waals surface area contributed by atoms with E-state index < -0.39 is 8.80 Å². The minimum Gasteiger partial charge on any atom is -0.370 e. The molecule has 3 rings (SSSR count). The molecule has 1 nitrogen and oxygen atoms in total. The van der Waals surface area contributed by atoms with E-state index in [1.54, 1.807) is 10.8 Å². The monoisotopic (exact) mass is 232 g/mol. The molecule has 0 radical (unpaired) electrons. The maximum Gasteiger partial charge on any atom is 0.0847 e. The highest BCUT2D eigenvalue weighted by Crippen LogP contribution is 2.43. The second kappa shape index (κ2) is 4.01. The highest BCUT2D eigenvalue weighted by atomic mass is 28.3. The molecule has 1 heterocycles. The molecule has 1 aromatic carbocycles. The largest absolute Gasteiger partial charge is 0.370 e. The van der Waals surface area contributed by atoms with Gasteiger partial charge >= 0.3 is 0 Å². The predicted molar refractivity (Wildman–Crippen MR) is 70.2 cm³/mol. The van der Waals surface area contributed by atoms with Crippen LogP contribution in [0.15, 0.2) is 24.3 Å². The van der Waals surface area contributed by atoms with E-state index in [0.717, 1.165) is 5.92 Å². The lowest BCUT2D eigenvalue weighted by molar-refractivity contribution is 0.371. The molecular formula is C14H20OSi. The Morgan fingerprint density at radius 1 is 1.12 bits per heavy atom. The number of rotatable bonds is 2. The van der Waals surface area contributed by atoms with E-state index in [0.29, 0.717) is 12.2 Å². The van der Waals surface area contributed by atoms with Crippen LogP contribution >= 0.6 is 0 Å². The Bertz CT molecular complexity index is 388. The Kier molecular flexibility index (Phi) is 2.64. The molecule has 0 aromatic heterocycles. The predicted octanol–water partition coefficient (Wildman–Crippen LogP) is 2.42. The lowest BCUT2D eigenvalue weighted by atomic mass is 9.84. The van der Waals surface area contributed by atoms with E-state index in [9.17, 15) is 0 Å². The van der Waals surface area contributed by atoms with Gasteiger partial charge in [-0.1, -0.05) is 42.5 Å². The second-order valence-corrected chi connectivity index (χ2v) is 8.44. The molecule has 1 aliphatic carbocycles. The molecule has 2 aliphatic rings. The zero-order valence-corrected chi connectivity index (χ0v) is 11.3.